The van der Waals surface area contributed by atoms with Gasteiger partial charge in [0.05, 0.1) is 42.9 Å². The molecule has 3 fully saturated rings. The number of fused-ring (bicyclic) bond motifs is 2. The van der Waals surface area contributed by atoms with E-state index < -0.39 is 80.6 Å². The maximum absolute atomic E-state index is 13.0. The van der Waals surface area contributed by atoms with Crippen molar-refractivity contribution in [3.8, 4) is 0 Å². The lowest BCUT2D eigenvalue weighted by Gasteiger charge is -2.58. The van der Waals surface area contributed by atoms with E-state index in [1.165, 1.54) is 19.2 Å². The van der Waals surface area contributed by atoms with Crippen LogP contribution in [0.1, 0.15) is 37.6 Å². The summed E-state index contributed by atoms with van der Waals surface area (Å²) in [6.07, 6.45) is -5.40. The van der Waals surface area contributed by atoms with Crippen molar-refractivity contribution < 1.29 is 53.2 Å². The van der Waals surface area contributed by atoms with Crippen molar-refractivity contribution in [3.63, 3.8) is 0 Å². The van der Waals surface area contributed by atoms with E-state index in [0.717, 1.165) is 0 Å². The third-order valence-electron chi connectivity index (χ3n) is 7.44. The van der Waals surface area contributed by atoms with Crippen molar-refractivity contribution >= 4 is 13.7 Å². The molecule has 15 nitrogen and oxygen atoms in total. The van der Waals surface area contributed by atoms with Gasteiger partial charge in [-0.05, 0) is 46.0 Å². The number of aliphatic hydroxyl groups excluding tert-OH is 2. The smallest absolute Gasteiger partial charge is 0.390 e. The molecule has 2 saturated heterocycles. The Labute approximate surface area is 225 Å². The summed E-state index contributed by atoms with van der Waals surface area (Å²) in [5.41, 5.74) is 0.785. The number of carbonyl (C=O) groups excluding carboxylic acids is 1. The number of likely N-dealkylation sites (N-methyl/N-ethyl adjacent to an activating group) is 2. The summed E-state index contributed by atoms with van der Waals surface area (Å²) < 4.78 is 33.6. The Morgan fingerprint density at radius 1 is 1.18 bits per heavy atom. The van der Waals surface area contributed by atoms with Gasteiger partial charge in [-0.2, -0.15) is 0 Å². The Morgan fingerprint density at radius 3 is 2.46 bits per heavy atom. The van der Waals surface area contributed by atoms with E-state index in [2.05, 4.69) is 25.5 Å². The van der Waals surface area contributed by atoms with Gasteiger partial charge >= 0.3 is 7.82 Å². The number of aliphatic hydroxyl groups is 3. The first-order valence-electron chi connectivity index (χ1n) is 12.7. The van der Waals surface area contributed by atoms with Gasteiger partial charge in [-0.25, -0.2) is 4.57 Å². The molecule has 1 unspecified atom stereocenters. The number of nitrogens with one attached hydrogen (secondary N) is 3. The summed E-state index contributed by atoms with van der Waals surface area (Å²) in [4.78, 5) is 35.1. The standard InChI is InChI=1S/C23H37N4O11P/c1-10-7-14(27-15(28)8-13-6-5-12(9-26-13)11(2)38-39(32,33)34)23(31)22(35-10)36-21-19(30)16(24-3)18(29)17(25-4)20(21)37-23/h5-6,9-11,14,16-22,24-25,29-31H,7-8H2,1-4H3,(H,27,28)(H2,32,33,34)/t10-,11?,14-,16-,17+,18+,19+,20-,21-,22+,23+/m1/s1. The van der Waals surface area contributed by atoms with E-state index in [9.17, 15) is 24.7 Å². The average Bonchev–Trinajstić information content (AvgIpc) is 2.84. The van der Waals surface area contributed by atoms with Crippen molar-refractivity contribution in [2.75, 3.05) is 14.1 Å². The van der Waals surface area contributed by atoms with Crippen LogP contribution in [0, 0.1) is 0 Å². The predicted octanol–water partition coefficient (Wildman–Crippen LogP) is -2.20. The summed E-state index contributed by atoms with van der Waals surface area (Å²) >= 11 is 0. The van der Waals surface area contributed by atoms with Crippen LogP contribution in [0.4, 0.5) is 0 Å². The fraction of sp³-hybridized carbons (Fsp3) is 0.739. The van der Waals surface area contributed by atoms with Crippen LogP contribution in [0.2, 0.25) is 0 Å². The molecule has 0 radical (unpaired) electrons. The highest BCUT2D eigenvalue weighted by Gasteiger charge is 2.63. The molecule has 1 aliphatic carbocycles. The minimum Gasteiger partial charge on any atom is -0.390 e. The minimum atomic E-state index is -4.68. The molecule has 0 bridgehead atoms. The summed E-state index contributed by atoms with van der Waals surface area (Å²) in [5.74, 6) is -2.59. The number of ether oxygens (including phenoxy) is 3. The van der Waals surface area contributed by atoms with Gasteiger partial charge in [-0.1, -0.05) is 6.07 Å². The Bertz CT molecular complexity index is 1060. The zero-order valence-corrected chi connectivity index (χ0v) is 22.9. The van der Waals surface area contributed by atoms with Gasteiger partial charge in [0.15, 0.2) is 0 Å². The third-order valence-corrected chi connectivity index (χ3v) is 8.03. The number of carbonyl (C=O) groups is 1. The van der Waals surface area contributed by atoms with Crippen molar-refractivity contribution in [3.05, 3.63) is 29.6 Å². The van der Waals surface area contributed by atoms with Crippen LogP contribution < -0.4 is 16.0 Å². The highest BCUT2D eigenvalue weighted by atomic mass is 31.2. The number of hydrogen-bond acceptors (Lipinski definition) is 12. The Kier molecular flexibility index (Phi) is 9.13. The molecule has 11 atom stereocenters. The number of nitrogens with zero attached hydrogens (tertiary/aromatic N) is 1. The third kappa shape index (κ3) is 6.35. The van der Waals surface area contributed by atoms with E-state index in [1.54, 1.807) is 27.1 Å². The number of aromatic nitrogens is 1. The lowest BCUT2D eigenvalue weighted by molar-refractivity contribution is -0.449. The molecule has 3 aliphatic rings. The first kappa shape index (κ1) is 30.4. The Balaban J connectivity index is 1.47. The SMILES string of the molecule is CN[C@@H]1[C@H](O)[C@H](NC)[C@H]2O[C@]3(O)[C@H](O[C@@H]2[C@H]1O)O[C@H](C)C[C@H]3NC(=O)Cc1ccc(C(C)OP(=O)(O)O)cn1. The van der Waals surface area contributed by atoms with E-state index in [1.807, 2.05) is 0 Å². The average molecular weight is 577 g/mol. The topological polar surface area (TPSA) is 221 Å². The van der Waals surface area contributed by atoms with Gasteiger partial charge in [0, 0.05) is 11.9 Å². The minimum absolute atomic E-state index is 0.159. The number of rotatable bonds is 8. The van der Waals surface area contributed by atoms with Crippen molar-refractivity contribution in [2.24, 2.45) is 0 Å². The van der Waals surface area contributed by atoms with Gasteiger partial charge in [-0.3, -0.25) is 14.3 Å². The molecule has 2 aliphatic heterocycles. The van der Waals surface area contributed by atoms with Gasteiger partial charge < -0.3 is 55.3 Å². The molecule has 3 heterocycles. The van der Waals surface area contributed by atoms with E-state index in [0.29, 0.717) is 11.3 Å². The molecule has 4 rings (SSSR count). The summed E-state index contributed by atoms with van der Waals surface area (Å²) in [6, 6.07) is 0.689. The maximum atomic E-state index is 13.0. The number of hydrogen-bond donors (Lipinski definition) is 8. The molecule has 1 saturated carbocycles. The molecule has 220 valence electrons. The monoisotopic (exact) mass is 576 g/mol. The second-order valence-corrected chi connectivity index (χ2v) is 11.4. The van der Waals surface area contributed by atoms with Gasteiger partial charge in [0.2, 0.25) is 18.0 Å². The number of phosphoric ester groups is 1. The van der Waals surface area contributed by atoms with Crippen LogP contribution in [0.15, 0.2) is 18.3 Å². The molecule has 8 N–H and O–H groups in total. The molecule has 0 spiro atoms. The molecule has 0 aromatic carbocycles. The fourth-order valence-electron chi connectivity index (χ4n) is 5.47. The van der Waals surface area contributed by atoms with Crippen LogP contribution >= 0.6 is 7.82 Å². The van der Waals surface area contributed by atoms with Crippen LogP contribution in [-0.2, 0) is 34.5 Å². The van der Waals surface area contributed by atoms with Crippen molar-refractivity contribution in [1.29, 1.82) is 0 Å². The highest BCUT2D eigenvalue weighted by molar-refractivity contribution is 7.46. The van der Waals surface area contributed by atoms with Gasteiger partial charge in [0.1, 0.15) is 18.3 Å². The Morgan fingerprint density at radius 2 is 1.87 bits per heavy atom. The molecule has 39 heavy (non-hydrogen) atoms. The van der Waals surface area contributed by atoms with Crippen molar-refractivity contribution in [1.82, 2.24) is 20.9 Å². The summed E-state index contributed by atoms with van der Waals surface area (Å²) in [5, 5.41) is 41.9. The normalized spacial score (nSPS) is 39.4. The van der Waals surface area contributed by atoms with E-state index in [4.69, 9.17) is 24.0 Å². The van der Waals surface area contributed by atoms with Gasteiger partial charge in [-0.15, -0.1) is 0 Å². The summed E-state index contributed by atoms with van der Waals surface area (Å²) in [6.45, 7) is 3.22. The fourth-order valence-corrected chi connectivity index (χ4v) is 6.01. The molecular formula is C23H37N4O11P. The number of pyridine rings is 1. The second kappa shape index (κ2) is 11.7. The Hall–Kier alpha value is -1.59. The number of phosphoric acid groups is 1. The van der Waals surface area contributed by atoms with E-state index >= 15 is 0 Å². The highest BCUT2D eigenvalue weighted by Crippen LogP contribution is 2.43. The first-order valence-corrected chi connectivity index (χ1v) is 14.2. The predicted molar refractivity (Wildman–Crippen MR) is 133 cm³/mol. The first-order chi connectivity index (χ1) is 18.3. The molecule has 1 aromatic heterocycles. The zero-order valence-electron chi connectivity index (χ0n) is 22.0. The zero-order chi connectivity index (χ0) is 28.7. The number of amides is 1. The van der Waals surface area contributed by atoms with Crippen LogP contribution in [0.3, 0.4) is 0 Å². The molecule has 1 aromatic rings. The maximum Gasteiger partial charge on any atom is 0.470 e. The molecular weight excluding hydrogens is 539 g/mol. The molecule has 1 amide bonds. The quantitative estimate of drug-likeness (QED) is 0.154. The lowest BCUT2D eigenvalue weighted by Crippen LogP contribution is -2.79. The van der Waals surface area contributed by atoms with Crippen molar-refractivity contribution in [2.45, 2.75) is 93.5 Å². The van der Waals surface area contributed by atoms with Gasteiger partial charge in [0.25, 0.3) is 0 Å². The van der Waals surface area contributed by atoms with Crippen LogP contribution in [0.25, 0.3) is 0 Å². The van der Waals surface area contributed by atoms with Crippen LogP contribution in [-0.4, -0.2) is 111 Å². The molecule has 16 heteroatoms. The second-order valence-electron chi connectivity index (χ2n) is 10.2. The largest absolute Gasteiger partial charge is 0.470 e. The lowest BCUT2D eigenvalue weighted by atomic mass is 9.79. The van der Waals surface area contributed by atoms with Crippen LogP contribution in [0.5, 0.6) is 0 Å². The summed E-state index contributed by atoms with van der Waals surface area (Å²) in [7, 11) is -1.45. The van der Waals surface area contributed by atoms with E-state index in [-0.39, 0.29) is 12.8 Å².